The minimum Gasteiger partial charge on any atom is -0.491 e. The number of anilines is 1. The number of hydrogen-bond acceptors (Lipinski definition) is 4. The van der Waals surface area contributed by atoms with Gasteiger partial charge in [0.1, 0.15) is 5.75 Å². The molecular weight excluding hydrogens is 349 g/mol. The van der Waals surface area contributed by atoms with Crippen LogP contribution in [-0.2, 0) is 13.8 Å². The molecule has 0 N–H and O–H groups in total. The van der Waals surface area contributed by atoms with Gasteiger partial charge in [-0.3, -0.25) is 4.79 Å². The molecule has 1 aliphatic rings. The number of carbonyl (C=O) groups is 1. The van der Waals surface area contributed by atoms with Crippen molar-refractivity contribution in [1.29, 1.82) is 0 Å². The lowest BCUT2D eigenvalue weighted by Gasteiger charge is -2.20. The van der Waals surface area contributed by atoms with Crippen molar-refractivity contribution < 1.29 is 17.9 Å². The summed E-state index contributed by atoms with van der Waals surface area (Å²) < 4.78 is 28.0. The molecule has 1 heterocycles. The molecule has 22 heavy (non-hydrogen) atoms. The van der Waals surface area contributed by atoms with Crippen molar-refractivity contribution in [2.75, 3.05) is 23.8 Å². The summed E-state index contributed by atoms with van der Waals surface area (Å²) in [7, 11) is 1.64. The fraction of sp³-hybridized carbons (Fsp3) is 0.500. The number of ether oxygens (including phenoxy) is 1. The zero-order valence-corrected chi connectivity index (χ0v) is 14.4. The lowest BCUT2D eigenvalue weighted by Crippen LogP contribution is -2.26. The van der Waals surface area contributed by atoms with Gasteiger partial charge >= 0.3 is 0 Å². The van der Waals surface area contributed by atoms with Crippen LogP contribution in [0.2, 0.25) is 5.02 Å². The quantitative estimate of drug-likeness (QED) is 0.726. The van der Waals surface area contributed by atoms with Crippen LogP contribution in [0.3, 0.4) is 0 Å². The number of benzene rings is 1. The number of carbonyl (C=O) groups excluding carboxylic acids is 1. The average Bonchev–Trinajstić information content (AvgIpc) is 2.75. The smallest absolute Gasteiger partial charge is 0.232 e. The SMILES string of the molecule is CCCOc1ccc(Cl)cc1N1CC(CS(=O)(=O)Cl)CC1=O. The van der Waals surface area contributed by atoms with E-state index in [4.69, 9.17) is 27.0 Å². The summed E-state index contributed by atoms with van der Waals surface area (Å²) in [6.45, 7) is 2.79. The molecule has 1 unspecified atom stereocenters. The molecule has 1 aromatic rings. The first kappa shape index (κ1) is 17.4. The first-order valence-electron chi connectivity index (χ1n) is 6.95. The summed E-state index contributed by atoms with van der Waals surface area (Å²) in [4.78, 5) is 13.7. The zero-order valence-electron chi connectivity index (χ0n) is 12.1. The molecule has 0 saturated carbocycles. The van der Waals surface area contributed by atoms with Crippen molar-refractivity contribution in [3.8, 4) is 5.75 Å². The fourth-order valence-corrected chi connectivity index (χ4v) is 3.93. The van der Waals surface area contributed by atoms with E-state index in [0.29, 0.717) is 23.1 Å². The van der Waals surface area contributed by atoms with Gasteiger partial charge in [0, 0.05) is 34.6 Å². The van der Waals surface area contributed by atoms with E-state index in [2.05, 4.69) is 0 Å². The van der Waals surface area contributed by atoms with Crippen LogP contribution in [0.4, 0.5) is 5.69 Å². The van der Waals surface area contributed by atoms with Gasteiger partial charge in [-0.15, -0.1) is 0 Å². The molecule has 8 heteroatoms. The average molecular weight is 366 g/mol. The van der Waals surface area contributed by atoms with Crippen LogP contribution in [0.1, 0.15) is 19.8 Å². The number of hydrogen-bond donors (Lipinski definition) is 0. The van der Waals surface area contributed by atoms with Gasteiger partial charge in [0.05, 0.1) is 18.0 Å². The Morgan fingerprint density at radius 2 is 2.14 bits per heavy atom. The molecule has 1 aromatic carbocycles. The van der Waals surface area contributed by atoms with E-state index in [1.807, 2.05) is 6.92 Å². The summed E-state index contributed by atoms with van der Waals surface area (Å²) >= 11 is 6.01. The molecule has 0 spiro atoms. The topological polar surface area (TPSA) is 63.7 Å². The first-order valence-corrected chi connectivity index (χ1v) is 9.81. The zero-order chi connectivity index (χ0) is 16.3. The maximum atomic E-state index is 12.2. The van der Waals surface area contributed by atoms with Crippen molar-refractivity contribution in [3.05, 3.63) is 23.2 Å². The summed E-state index contributed by atoms with van der Waals surface area (Å²) in [6, 6.07) is 5.06. The maximum Gasteiger partial charge on any atom is 0.232 e. The van der Waals surface area contributed by atoms with E-state index in [1.165, 1.54) is 4.90 Å². The van der Waals surface area contributed by atoms with E-state index in [0.717, 1.165) is 6.42 Å². The van der Waals surface area contributed by atoms with Crippen LogP contribution in [0.5, 0.6) is 5.75 Å². The minimum absolute atomic E-state index is 0.145. The lowest BCUT2D eigenvalue weighted by molar-refractivity contribution is -0.117. The van der Waals surface area contributed by atoms with Crippen LogP contribution in [0, 0.1) is 5.92 Å². The van der Waals surface area contributed by atoms with Crippen molar-refractivity contribution in [2.45, 2.75) is 19.8 Å². The number of rotatable bonds is 6. The summed E-state index contributed by atoms with van der Waals surface area (Å²) in [6.07, 6.45) is 0.981. The molecule has 0 bridgehead atoms. The molecule has 1 atom stereocenters. The van der Waals surface area contributed by atoms with Gasteiger partial charge in [-0.1, -0.05) is 18.5 Å². The van der Waals surface area contributed by atoms with E-state index >= 15 is 0 Å². The Kier molecular flexibility index (Phi) is 5.58. The summed E-state index contributed by atoms with van der Waals surface area (Å²) in [5.74, 6) is -0.140. The van der Waals surface area contributed by atoms with Crippen LogP contribution in [0.25, 0.3) is 0 Å². The van der Waals surface area contributed by atoms with Gasteiger partial charge in [-0.25, -0.2) is 8.42 Å². The largest absolute Gasteiger partial charge is 0.491 e. The second kappa shape index (κ2) is 7.06. The predicted octanol–water partition coefficient (Wildman–Crippen LogP) is 3.05. The van der Waals surface area contributed by atoms with Gasteiger partial charge in [-0.05, 0) is 24.6 Å². The highest BCUT2D eigenvalue weighted by molar-refractivity contribution is 8.13. The summed E-state index contributed by atoms with van der Waals surface area (Å²) in [5, 5.41) is 0.486. The Balaban J connectivity index is 2.23. The molecule has 122 valence electrons. The maximum absolute atomic E-state index is 12.2. The van der Waals surface area contributed by atoms with Gasteiger partial charge in [0.2, 0.25) is 15.0 Å². The lowest BCUT2D eigenvalue weighted by atomic mass is 10.1. The molecule has 2 rings (SSSR count). The second-order valence-corrected chi connectivity index (χ2v) is 8.50. The van der Waals surface area contributed by atoms with Crippen molar-refractivity contribution in [3.63, 3.8) is 0 Å². The highest BCUT2D eigenvalue weighted by Gasteiger charge is 2.34. The molecule has 1 saturated heterocycles. The Hall–Kier alpha value is -0.980. The highest BCUT2D eigenvalue weighted by Crippen LogP contribution is 2.36. The third-order valence-electron chi connectivity index (χ3n) is 3.31. The van der Waals surface area contributed by atoms with Gasteiger partial charge in [0.25, 0.3) is 0 Å². The Morgan fingerprint density at radius 3 is 2.77 bits per heavy atom. The molecule has 1 amide bonds. The van der Waals surface area contributed by atoms with Crippen molar-refractivity contribution in [2.24, 2.45) is 5.92 Å². The third kappa shape index (κ3) is 4.51. The summed E-state index contributed by atoms with van der Waals surface area (Å²) in [5.41, 5.74) is 0.570. The minimum atomic E-state index is -3.63. The first-order chi connectivity index (χ1) is 10.3. The molecule has 0 radical (unpaired) electrons. The number of amides is 1. The molecular formula is C14H17Cl2NO4S. The van der Waals surface area contributed by atoms with Crippen LogP contribution >= 0.6 is 22.3 Å². The molecule has 0 aromatic heterocycles. The number of halogens is 2. The Morgan fingerprint density at radius 1 is 1.41 bits per heavy atom. The van der Waals surface area contributed by atoms with Crippen molar-refractivity contribution in [1.82, 2.24) is 0 Å². The van der Waals surface area contributed by atoms with Crippen LogP contribution in [0.15, 0.2) is 18.2 Å². The fourth-order valence-electron chi connectivity index (χ4n) is 2.44. The molecule has 1 fully saturated rings. The Bertz CT molecular complexity index is 663. The van der Waals surface area contributed by atoms with Crippen LogP contribution in [-0.4, -0.2) is 33.2 Å². The molecule has 5 nitrogen and oxygen atoms in total. The van der Waals surface area contributed by atoms with E-state index in [1.54, 1.807) is 18.2 Å². The number of nitrogens with zero attached hydrogens (tertiary/aromatic N) is 1. The predicted molar refractivity (Wildman–Crippen MR) is 87.3 cm³/mol. The van der Waals surface area contributed by atoms with Gasteiger partial charge < -0.3 is 9.64 Å². The van der Waals surface area contributed by atoms with E-state index in [-0.39, 0.29) is 30.5 Å². The second-order valence-electron chi connectivity index (χ2n) is 5.24. The van der Waals surface area contributed by atoms with E-state index in [9.17, 15) is 13.2 Å². The molecule has 0 aliphatic carbocycles. The Labute approximate surface area is 139 Å². The highest BCUT2D eigenvalue weighted by atomic mass is 35.7. The van der Waals surface area contributed by atoms with Gasteiger partial charge in [0.15, 0.2) is 0 Å². The monoisotopic (exact) mass is 365 g/mol. The third-order valence-corrected chi connectivity index (χ3v) is 4.80. The van der Waals surface area contributed by atoms with Crippen molar-refractivity contribution >= 4 is 42.9 Å². The van der Waals surface area contributed by atoms with E-state index < -0.39 is 9.05 Å². The standard InChI is InChI=1S/C14H17Cl2NO4S/c1-2-5-21-13-4-3-11(15)7-12(13)17-8-10(6-14(17)18)9-22(16,19)20/h3-4,7,10H,2,5-6,8-9H2,1H3. The normalized spacial score (nSPS) is 18.8. The molecule has 1 aliphatic heterocycles. The van der Waals surface area contributed by atoms with Gasteiger partial charge in [-0.2, -0.15) is 0 Å². The van der Waals surface area contributed by atoms with Crippen LogP contribution < -0.4 is 9.64 Å².